The number of hydrogen-bond acceptors (Lipinski definition) is 4. The van der Waals surface area contributed by atoms with Crippen LogP contribution < -0.4 is 5.32 Å². The van der Waals surface area contributed by atoms with Crippen LogP contribution in [0.1, 0.15) is 46.3 Å². The Balaban J connectivity index is 1.12. The van der Waals surface area contributed by atoms with Crippen LogP contribution in [0, 0.1) is 11.3 Å². The Morgan fingerprint density at radius 1 is 1.03 bits per heavy atom. The minimum atomic E-state index is -4.60. The minimum absolute atomic E-state index is 0.0593. The molecule has 0 aromatic carbocycles. The van der Waals surface area contributed by atoms with Crippen molar-refractivity contribution in [1.82, 2.24) is 25.1 Å². The van der Waals surface area contributed by atoms with Gasteiger partial charge in [0.15, 0.2) is 0 Å². The zero-order chi connectivity index (χ0) is 23.2. The summed E-state index contributed by atoms with van der Waals surface area (Å²) < 4.78 is 39.8. The number of nitrogens with zero attached hydrogens (tertiary/aromatic N) is 4. The summed E-state index contributed by atoms with van der Waals surface area (Å²) in [6.45, 7) is 2.51. The van der Waals surface area contributed by atoms with Crippen molar-refractivity contribution in [3.63, 3.8) is 0 Å². The van der Waals surface area contributed by atoms with Gasteiger partial charge >= 0.3 is 12.2 Å². The molecule has 1 saturated heterocycles. The third kappa shape index (κ3) is 4.14. The summed E-state index contributed by atoms with van der Waals surface area (Å²) in [5.74, 6) is -0.298. The van der Waals surface area contributed by atoms with Crippen LogP contribution in [0.2, 0.25) is 0 Å². The number of piperidine rings is 1. The Bertz CT molecular complexity index is 1060. The van der Waals surface area contributed by atoms with Gasteiger partial charge in [-0.15, -0.1) is 0 Å². The van der Waals surface area contributed by atoms with Crippen LogP contribution in [0.3, 0.4) is 0 Å². The summed E-state index contributed by atoms with van der Waals surface area (Å²) in [5, 5.41) is 3.03. The fraction of sp³-hybridized carbons (Fsp3) is 0.478. The summed E-state index contributed by atoms with van der Waals surface area (Å²) in [6.07, 6.45) is 3.37. The Kier molecular flexibility index (Phi) is 5.25. The highest BCUT2D eigenvalue weighted by Gasteiger charge is 2.55. The summed E-state index contributed by atoms with van der Waals surface area (Å²) in [5.41, 5.74) is 0.887. The van der Waals surface area contributed by atoms with Crippen molar-refractivity contribution < 1.29 is 22.8 Å². The summed E-state index contributed by atoms with van der Waals surface area (Å²) in [4.78, 5) is 36.4. The number of carbonyl (C=O) groups excluding carboxylic acids is 2. The molecule has 0 radical (unpaired) electrons. The van der Waals surface area contributed by atoms with E-state index in [1.54, 1.807) is 17.3 Å². The molecule has 1 aliphatic carbocycles. The van der Waals surface area contributed by atoms with E-state index >= 15 is 0 Å². The van der Waals surface area contributed by atoms with E-state index in [2.05, 4.69) is 15.3 Å². The number of halogens is 3. The smallest absolute Gasteiger partial charge is 0.339 e. The van der Waals surface area contributed by atoms with Crippen molar-refractivity contribution in [2.24, 2.45) is 11.3 Å². The maximum Gasteiger partial charge on any atom is 0.417 e. The van der Waals surface area contributed by atoms with E-state index in [4.69, 9.17) is 0 Å². The number of hydrogen-bond donors (Lipinski definition) is 1. The lowest BCUT2D eigenvalue weighted by Gasteiger charge is -2.33. The number of alkyl halides is 3. The van der Waals surface area contributed by atoms with E-state index in [1.165, 1.54) is 4.90 Å². The molecule has 2 aromatic heterocycles. The second-order valence-electron chi connectivity index (χ2n) is 9.16. The van der Waals surface area contributed by atoms with E-state index in [0.717, 1.165) is 48.8 Å². The molecular weight excluding hydrogens is 435 g/mol. The average Bonchev–Trinajstić information content (AvgIpc) is 3.28. The molecule has 1 saturated carbocycles. The van der Waals surface area contributed by atoms with Crippen LogP contribution in [0.15, 0.2) is 36.9 Å². The molecule has 3 amide bonds. The van der Waals surface area contributed by atoms with Gasteiger partial charge in [0.05, 0.1) is 11.1 Å². The number of fused-ring (bicyclic) bond motifs is 1. The van der Waals surface area contributed by atoms with E-state index < -0.39 is 23.2 Å². The van der Waals surface area contributed by atoms with Gasteiger partial charge in [-0.25, -0.2) is 4.79 Å². The summed E-state index contributed by atoms with van der Waals surface area (Å²) in [7, 11) is 0. The van der Waals surface area contributed by atoms with Crippen LogP contribution in [0.4, 0.5) is 18.0 Å². The van der Waals surface area contributed by atoms with Crippen LogP contribution in [0.5, 0.6) is 0 Å². The molecule has 1 unspecified atom stereocenters. The van der Waals surface area contributed by atoms with Crippen LogP contribution >= 0.6 is 0 Å². The first-order chi connectivity index (χ1) is 15.8. The average molecular weight is 459 g/mol. The molecule has 7 nitrogen and oxygen atoms in total. The molecule has 5 rings (SSSR count). The first-order valence-electron chi connectivity index (χ1n) is 11.0. The molecular formula is C23H24F3N5O2. The van der Waals surface area contributed by atoms with Crippen molar-refractivity contribution in [2.75, 3.05) is 19.6 Å². The van der Waals surface area contributed by atoms with E-state index in [-0.39, 0.29) is 11.4 Å². The van der Waals surface area contributed by atoms with Crippen LogP contribution in [-0.4, -0.2) is 51.3 Å². The lowest BCUT2D eigenvalue weighted by Crippen LogP contribution is -2.41. The maximum atomic E-state index is 13.3. The number of urea groups is 1. The molecule has 2 aromatic rings. The first-order valence-corrected chi connectivity index (χ1v) is 11.0. The van der Waals surface area contributed by atoms with Crippen molar-refractivity contribution in [2.45, 2.75) is 38.5 Å². The van der Waals surface area contributed by atoms with Crippen LogP contribution in [0.25, 0.3) is 0 Å². The van der Waals surface area contributed by atoms with Crippen molar-refractivity contribution >= 4 is 11.9 Å². The lowest BCUT2D eigenvalue weighted by atomic mass is 9.90. The minimum Gasteiger partial charge on any atom is -0.339 e. The highest BCUT2D eigenvalue weighted by molar-refractivity contribution is 5.95. The highest BCUT2D eigenvalue weighted by atomic mass is 19.4. The number of carbonyl (C=O) groups is 2. The van der Waals surface area contributed by atoms with Gasteiger partial charge in [-0.3, -0.25) is 14.8 Å². The number of likely N-dealkylation sites (tertiary alicyclic amines) is 1. The molecule has 10 heteroatoms. The Morgan fingerprint density at radius 2 is 1.73 bits per heavy atom. The monoisotopic (exact) mass is 459 g/mol. The van der Waals surface area contributed by atoms with E-state index in [9.17, 15) is 22.8 Å². The maximum absolute atomic E-state index is 13.3. The van der Waals surface area contributed by atoms with Gasteiger partial charge in [0.25, 0.3) is 5.91 Å². The number of amides is 3. The zero-order valence-electron chi connectivity index (χ0n) is 17.9. The van der Waals surface area contributed by atoms with Gasteiger partial charge in [-0.1, -0.05) is 0 Å². The third-order valence-corrected chi connectivity index (χ3v) is 7.28. The van der Waals surface area contributed by atoms with E-state index in [1.807, 2.05) is 6.07 Å². The molecule has 1 spiro atoms. The van der Waals surface area contributed by atoms with Crippen molar-refractivity contribution in [3.8, 4) is 0 Å². The van der Waals surface area contributed by atoms with Crippen molar-refractivity contribution in [3.05, 3.63) is 59.2 Å². The normalized spacial score (nSPS) is 21.1. The Labute approximate surface area is 189 Å². The highest BCUT2D eigenvalue weighted by Crippen LogP contribution is 2.59. The molecule has 1 N–H and O–H groups in total. The first kappa shape index (κ1) is 21.7. The molecule has 1 atom stereocenters. The quantitative estimate of drug-likeness (QED) is 0.763. The largest absolute Gasteiger partial charge is 0.417 e. The molecule has 4 heterocycles. The predicted molar refractivity (Wildman–Crippen MR) is 112 cm³/mol. The number of nitrogens with one attached hydrogen (secondary N) is 1. The summed E-state index contributed by atoms with van der Waals surface area (Å²) in [6, 6.07) is 2.67. The second-order valence-corrected chi connectivity index (χ2v) is 9.16. The SMILES string of the molecule is O=C(NCC1CC12CCN(C(=O)c1cnccc1C(F)(F)F)CC2)N1Cc2ccncc2C1. The van der Waals surface area contributed by atoms with Crippen molar-refractivity contribution in [1.29, 1.82) is 0 Å². The fourth-order valence-electron chi connectivity index (χ4n) is 5.16. The molecule has 3 aliphatic rings. The molecule has 2 fully saturated rings. The topological polar surface area (TPSA) is 78.4 Å². The van der Waals surface area contributed by atoms with Gasteiger partial charge < -0.3 is 15.1 Å². The molecule has 174 valence electrons. The third-order valence-electron chi connectivity index (χ3n) is 7.28. The van der Waals surface area contributed by atoms with Gasteiger partial charge in [-0.05, 0) is 53.9 Å². The second kappa shape index (κ2) is 8.00. The van der Waals surface area contributed by atoms with Gasteiger partial charge in [0.1, 0.15) is 0 Å². The number of aromatic nitrogens is 2. The predicted octanol–water partition coefficient (Wildman–Crippen LogP) is 3.46. The molecule has 33 heavy (non-hydrogen) atoms. The van der Waals surface area contributed by atoms with Gasteiger partial charge in [-0.2, -0.15) is 13.2 Å². The zero-order valence-corrected chi connectivity index (χ0v) is 17.9. The molecule has 2 aliphatic heterocycles. The fourth-order valence-corrected chi connectivity index (χ4v) is 5.16. The lowest BCUT2D eigenvalue weighted by molar-refractivity contribution is -0.138. The standard InChI is InChI=1S/C23H24F3N5O2/c24-23(25,26)19-2-6-28-12-18(19)20(32)30-7-3-22(4-8-30)9-17(22)11-29-21(33)31-13-15-1-5-27-10-16(15)14-31/h1-2,5-6,10,12,17H,3-4,7-9,11,13-14H2,(H,29,33). The van der Waals surface area contributed by atoms with Gasteiger partial charge in [0.2, 0.25) is 0 Å². The number of pyridine rings is 2. The Hall–Kier alpha value is -3.17. The summed E-state index contributed by atoms with van der Waals surface area (Å²) >= 11 is 0. The molecule has 0 bridgehead atoms. The number of rotatable bonds is 3. The van der Waals surface area contributed by atoms with E-state index in [0.29, 0.717) is 38.6 Å². The van der Waals surface area contributed by atoms with Crippen LogP contribution in [-0.2, 0) is 19.3 Å². The van der Waals surface area contributed by atoms with Gasteiger partial charge in [0, 0.05) is 57.5 Å². The Morgan fingerprint density at radius 3 is 2.45 bits per heavy atom.